The lowest BCUT2D eigenvalue weighted by atomic mass is 10.2. The van der Waals surface area contributed by atoms with Gasteiger partial charge in [-0.2, -0.15) is 0 Å². The van der Waals surface area contributed by atoms with Crippen LogP contribution in [0.4, 0.5) is 0 Å². The van der Waals surface area contributed by atoms with Gasteiger partial charge in [0.2, 0.25) is 0 Å². The molecule has 0 aliphatic carbocycles. The molecule has 1 unspecified atom stereocenters. The molecule has 0 amide bonds. The largest absolute Gasteiger partial charge is 0.459 e. The lowest BCUT2D eigenvalue weighted by Gasteiger charge is -2.10. The number of aliphatic hydroxyl groups is 1. The molecule has 0 saturated heterocycles. The lowest BCUT2D eigenvalue weighted by Crippen LogP contribution is -2.18. The van der Waals surface area contributed by atoms with Crippen LogP contribution in [0.25, 0.3) is 11.7 Å². The van der Waals surface area contributed by atoms with Gasteiger partial charge in [0.15, 0.2) is 5.76 Å². The number of rotatable bonds is 8. The number of hydrogen-bond donors (Lipinski definition) is 1. The van der Waals surface area contributed by atoms with Gasteiger partial charge in [-0.05, 0) is 23.8 Å². The Morgan fingerprint density at radius 1 is 1.21 bits per heavy atom. The SMILES string of the molecule is OC(COCc1ccccc1Cl)CSc1nnc(-c2ccco2)o1. The van der Waals surface area contributed by atoms with Crippen LogP contribution in [-0.4, -0.2) is 33.8 Å². The predicted octanol–water partition coefficient (Wildman–Crippen LogP) is 3.65. The Hall–Kier alpha value is -1.80. The van der Waals surface area contributed by atoms with Crippen LogP contribution in [0.1, 0.15) is 5.56 Å². The standard InChI is InChI=1S/C16H15ClN2O4S/c17-13-5-2-1-4-11(13)8-21-9-12(20)10-24-16-19-18-15(23-16)14-6-3-7-22-14/h1-7,12,20H,8-10H2. The van der Waals surface area contributed by atoms with Crippen LogP contribution in [0.2, 0.25) is 5.02 Å². The first-order valence-corrected chi connectivity index (χ1v) is 8.58. The number of ether oxygens (including phenoxy) is 1. The van der Waals surface area contributed by atoms with Crippen LogP contribution in [0, 0.1) is 0 Å². The van der Waals surface area contributed by atoms with Crippen molar-refractivity contribution in [3.8, 4) is 11.7 Å². The number of furan rings is 1. The Morgan fingerprint density at radius 2 is 2.08 bits per heavy atom. The van der Waals surface area contributed by atoms with E-state index in [9.17, 15) is 5.11 Å². The molecule has 2 heterocycles. The number of aromatic nitrogens is 2. The minimum atomic E-state index is -0.656. The summed E-state index contributed by atoms with van der Waals surface area (Å²) in [5.74, 6) is 1.20. The molecule has 1 atom stereocenters. The maximum atomic E-state index is 9.96. The summed E-state index contributed by atoms with van der Waals surface area (Å²) in [4.78, 5) is 0. The lowest BCUT2D eigenvalue weighted by molar-refractivity contribution is 0.0397. The van der Waals surface area contributed by atoms with E-state index in [1.165, 1.54) is 18.0 Å². The van der Waals surface area contributed by atoms with Crippen molar-refractivity contribution in [1.29, 1.82) is 0 Å². The van der Waals surface area contributed by atoms with Crippen molar-refractivity contribution in [1.82, 2.24) is 10.2 Å². The Kier molecular flexibility index (Phi) is 5.92. The summed E-state index contributed by atoms with van der Waals surface area (Å²) in [6.45, 7) is 0.544. The summed E-state index contributed by atoms with van der Waals surface area (Å²) >= 11 is 7.30. The number of nitrogens with zero attached hydrogens (tertiary/aromatic N) is 2. The van der Waals surface area contributed by atoms with E-state index < -0.39 is 6.10 Å². The molecule has 0 bridgehead atoms. The smallest absolute Gasteiger partial charge is 0.284 e. The molecule has 0 aliphatic heterocycles. The van der Waals surface area contributed by atoms with Gasteiger partial charge >= 0.3 is 0 Å². The van der Waals surface area contributed by atoms with Gasteiger partial charge < -0.3 is 18.7 Å². The Balaban J connectivity index is 1.41. The molecule has 3 rings (SSSR count). The zero-order chi connectivity index (χ0) is 16.8. The van der Waals surface area contributed by atoms with Crippen molar-refractivity contribution >= 4 is 23.4 Å². The van der Waals surface area contributed by atoms with Gasteiger partial charge in [-0.3, -0.25) is 0 Å². The first-order chi connectivity index (χ1) is 11.7. The summed E-state index contributed by atoms with van der Waals surface area (Å²) in [5.41, 5.74) is 0.888. The first-order valence-electron chi connectivity index (χ1n) is 7.22. The van der Waals surface area contributed by atoms with Crippen molar-refractivity contribution in [2.75, 3.05) is 12.4 Å². The molecule has 2 aromatic heterocycles. The molecular weight excluding hydrogens is 352 g/mol. The van der Waals surface area contributed by atoms with Gasteiger partial charge in [0.25, 0.3) is 11.1 Å². The molecule has 3 aromatic rings. The van der Waals surface area contributed by atoms with Gasteiger partial charge in [0.05, 0.1) is 25.6 Å². The summed E-state index contributed by atoms with van der Waals surface area (Å²) in [5, 5.41) is 18.8. The molecule has 1 N–H and O–H groups in total. The van der Waals surface area contributed by atoms with Crippen LogP contribution in [0.15, 0.2) is 56.7 Å². The quantitative estimate of drug-likeness (QED) is 0.609. The fraction of sp³-hybridized carbons (Fsp3) is 0.250. The number of aliphatic hydroxyl groups excluding tert-OH is 1. The molecule has 1 aromatic carbocycles. The summed E-state index contributed by atoms with van der Waals surface area (Å²) in [6, 6.07) is 10.9. The normalized spacial score (nSPS) is 12.4. The van der Waals surface area contributed by atoms with Crippen LogP contribution < -0.4 is 0 Å². The van der Waals surface area contributed by atoms with Gasteiger partial charge in [-0.1, -0.05) is 41.6 Å². The second-order valence-electron chi connectivity index (χ2n) is 4.92. The third kappa shape index (κ3) is 4.61. The highest BCUT2D eigenvalue weighted by Gasteiger charge is 2.13. The van der Waals surface area contributed by atoms with E-state index in [4.69, 9.17) is 25.2 Å². The Labute approximate surface area is 147 Å². The summed E-state index contributed by atoms with van der Waals surface area (Å²) < 4.78 is 16.1. The summed E-state index contributed by atoms with van der Waals surface area (Å²) in [7, 11) is 0. The predicted molar refractivity (Wildman–Crippen MR) is 89.8 cm³/mol. The number of benzene rings is 1. The van der Waals surface area contributed by atoms with E-state index in [1.54, 1.807) is 18.2 Å². The van der Waals surface area contributed by atoms with Gasteiger partial charge in [-0.25, -0.2) is 0 Å². The second-order valence-corrected chi connectivity index (χ2v) is 6.30. The summed E-state index contributed by atoms with van der Waals surface area (Å²) in [6.07, 6.45) is 0.878. The van der Waals surface area contributed by atoms with Crippen molar-refractivity contribution < 1.29 is 18.7 Å². The number of halogens is 1. The molecule has 126 valence electrons. The topological polar surface area (TPSA) is 81.5 Å². The molecule has 24 heavy (non-hydrogen) atoms. The molecule has 0 saturated carbocycles. The zero-order valence-corrected chi connectivity index (χ0v) is 14.2. The van der Waals surface area contributed by atoms with Crippen molar-refractivity contribution in [3.63, 3.8) is 0 Å². The fourth-order valence-electron chi connectivity index (χ4n) is 1.90. The van der Waals surface area contributed by atoms with Crippen molar-refractivity contribution in [3.05, 3.63) is 53.2 Å². The second kappa shape index (κ2) is 8.34. The Bertz CT molecular complexity index is 763. The third-order valence-electron chi connectivity index (χ3n) is 3.06. The van der Waals surface area contributed by atoms with Gasteiger partial charge in [0.1, 0.15) is 0 Å². The third-order valence-corrected chi connectivity index (χ3v) is 4.40. The van der Waals surface area contributed by atoms with E-state index in [1.807, 2.05) is 18.2 Å². The average Bonchev–Trinajstić information content (AvgIpc) is 3.26. The fourth-order valence-corrected chi connectivity index (χ4v) is 2.76. The highest BCUT2D eigenvalue weighted by Crippen LogP contribution is 2.24. The molecule has 0 fully saturated rings. The van der Waals surface area contributed by atoms with E-state index >= 15 is 0 Å². The van der Waals surface area contributed by atoms with Crippen LogP contribution in [0.3, 0.4) is 0 Å². The van der Waals surface area contributed by atoms with E-state index in [0.717, 1.165) is 5.56 Å². The number of thioether (sulfide) groups is 1. The zero-order valence-electron chi connectivity index (χ0n) is 12.6. The van der Waals surface area contributed by atoms with E-state index in [0.29, 0.717) is 34.3 Å². The highest BCUT2D eigenvalue weighted by molar-refractivity contribution is 7.99. The number of hydrogen-bond acceptors (Lipinski definition) is 7. The Morgan fingerprint density at radius 3 is 2.88 bits per heavy atom. The molecule has 8 heteroatoms. The van der Waals surface area contributed by atoms with Gasteiger partial charge in [0, 0.05) is 10.8 Å². The van der Waals surface area contributed by atoms with Crippen molar-refractivity contribution in [2.24, 2.45) is 0 Å². The van der Waals surface area contributed by atoms with E-state index in [2.05, 4.69) is 10.2 Å². The van der Waals surface area contributed by atoms with Crippen LogP contribution in [-0.2, 0) is 11.3 Å². The molecule has 6 nitrogen and oxygen atoms in total. The molecule has 0 aliphatic rings. The van der Waals surface area contributed by atoms with E-state index in [-0.39, 0.29) is 6.61 Å². The molecule has 0 spiro atoms. The highest BCUT2D eigenvalue weighted by atomic mass is 35.5. The van der Waals surface area contributed by atoms with Crippen LogP contribution in [0.5, 0.6) is 0 Å². The van der Waals surface area contributed by atoms with Crippen molar-refractivity contribution in [2.45, 2.75) is 17.9 Å². The van der Waals surface area contributed by atoms with Gasteiger partial charge in [-0.15, -0.1) is 10.2 Å². The maximum absolute atomic E-state index is 9.96. The minimum Gasteiger partial charge on any atom is -0.459 e. The maximum Gasteiger partial charge on any atom is 0.284 e. The van der Waals surface area contributed by atoms with Crippen LogP contribution >= 0.6 is 23.4 Å². The molecule has 0 radical (unpaired) electrons. The molecular formula is C16H15ClN2O4S. The minimum absolute atomic E-state index is 0.192. The first kappa shape index (κ1) is 17.0. The monoisotopic (exact) mass is 366 g/mol. The average molecular weight is 367 g/mol.